The Balaban J connectivity index is 1.43. The Kier molecular flexibility index (Phi) is 6.69. The first kappa shape index (κ1) is 26.8. The van der Waals surface area contributed by atoms with Crippen LogP contribution in [-0.2, 0) is 15.1 Å². The Labute approximate surface area is 241 Å². The predicted molar refractivity (Wildman–Crippen MR) is 160 cm³/mol. The van der Waals surface area contributed by atoms with E-state index in [-0.39, 0.29) is 17.9 Å². The molecule has 6 rings (SSSR count). The van der Waals surface area contributed by atoms with Crippen molar-refractivity contribution >= 4 is 44.7 Å². The van der Waals surface area contributed by atoms with E-state index in [0.29, 0.717) is 50.4 Å². The summed E-state index contributed by atoms with van der Waals surface area (Å²) in [5, 5.41) is 3.70. The van der Waals surface area contributed by atoms with Gasteiger partial charge in [-0.15, -0.1) is 11.3 Å². The molecule has 10 heteroatoms. The standard InChI is InChI=1S/C31H30N6O3S/c1-2-23(38)37-14-4-7-20(16-37)36-30(40)28-25-24-21(8-9-22(32)27(24)41-28)31(34,29(39)26(25)33)19-6-3-5-18(15-19)17-10-12-35-13-11-17/h2-3,5-6,8-13,15,20,26H,1,4,7,14,16,32-34H2,(H,36,40). The van der Waals surface area contributed by atoms with E-state index in [1.807, 2.05) is 36.4 Å². The molecule has 1 aliphatic heterocycles. The van der Waals surface area contributed by atoms with Crippen LogP contribution in [0.5, 0.6) is 0 Å². The third-order valence-electron chi connectivity index (χ3n) is 8.09. The molecule has 2 aromatic carbocycles. The highest BCUT2D eigenvalue weighted by Gasteiger charge is 2.49. The molecular weight excluding hydrogens is 536 g/mol. The number of aromatic nitrogens is 1. The molecule has 0 radical (unpaired) electrons. The summed E-state index contributed by atoms with van der Waals surface area (Å²) in [7, 11) is 0. The molecule has 0 bridgehead atoms. The number of thiophene rings is 1. The first-order valence-corrected chi connectivity index (χ1v) is 14.2. The Morgan fingerprint density at radius 1 is 1.15 bits per heavy atom. The summed E-state index contributed by atoms with van der Waals surface area (Å²) in [6.07, 6.45) is 6.18. The summed E-state index contributed by atoms with van der Waals surface area (Å²) in [5.41, 5.74) is 22.4. The molecule has 7 N–H and O–H groups in total. The van der Waals surface area contributed by atoms with Crippen LogP contribution in [-0.4, -0.2) is 46.6 Å². The smallest absolute Gasteiger partial charge is 0.262 e. The quantitative estimate of drug-likeness (QED) is 0.213. The fourth-order valence-corrected chi connectivity index (χ4v) is 7.21. The highest BCUT2D eigenvalue weighted by Crippen LogP contribution is 2.49. The van der Waals surface area contributed by atoms with Crippen molar-refractivity contribution in [1.82, 2.24) is 15.2 Å². The van der Waals surface area contributed by atoms with Gasteiger partial charge in [-0.25, -0.2) is 0 Å². The van der Waals surface area contributed by atoms with Gasteiger partial charge in [-0.2, -0.15) is 0 Å². The van der Waals surface area contributed by atoms with E-state index in [1.54, 1.807) is 29.4 Å². The number of nitrogens with two attached hydrogens (primary N) is 3. The number of pyridine rings is 1. The Morgan fingerprint density at radius 2 is 1.93 bits per heavy atom. The second kappa shape index (κ2) is 10.2. The Bertz CT molecular complexity index is 1720. The molecule has 41 heavy (non-hydrogen) atoms. The van der Waals surface area contributed by atoms with E-state index in [2.05, 4.69) is 16.9 Å². The highest BCUT2D eigenvalue weighted by atomic mass is 32.1. The molecule has 1 saturated heterocycles. The van der Waals surface area contributed by atoms with Crippen LogP contribution in [0.4, 0.5) is 5.69 Å². The molecule has 1 fully saturated rings. The maximum absolute atomic E-state index is 14.1. The molecule has 2 aliphatic rings. The second-order valence-electron chi connectivity index (χ2n) is 10.5. The molecule has 1 aliphatic carbocycles. The first-order valence-electron chi connectivity index (χ1n) is 13.4. The van der Waals surface area contributed by atoms with Crippen molar-refractivity contribution in [2.45, 2.75) is 30.5 Å². The van der Waals surface area contributed by atoms with Gasteiger partial charge in [0.15, 0.2) is 5.78 Å². The zero-order chi connectivity index (χ0) is 28.9. The number of rotatable bonds is 5. The molecule has 2 amide bonds. The van der Waals surface area contributed by atoms with E-state index < -0.39 is 17.4 Å². The lowest BCUT2D eigenvalue weighted by atomic mass is 9.70. The van der Waals surface area contributed by atoms with Crippen molar-refractivity contribution in [2.24, 2.45) is 11.5 Å². The van der Waals surface area contributed by atoms with Crippen molar-refractivity contribution < 1.29 is 14.4 Å². The third-order valence-corrected chi connectivity index (χ3v) is 9.35. The molecule has 0 spiro atoms. The van der Waals surface area contributed by atoms with Gasteiger partial charge in [0.05, 0.1) is 15.6 Å². The number of nitrogen functional groups attached to an aromatic ring is 1. The van der Waals surface area contributed by atoms with Crippen molar-refractivity contribution in [1.29, 1.82) is 0 Å². The van der Waals surface area contributed by atoms with E-state index in [0.717, 1.165) is 24.0 Å². The van der Waals surface area contributed by atoms with Gasteiger partial charge in [0.25, 0.3) is 5.91 Å². The van der Waals surface area contributed by atoms with Gasteiger partial charge in [-0.1, -0.05) is 30.8 Å². The maximum Gasteiger partial charge on any atom is 0.262 e. The number of piperidine rings is 1. The lowest BCUT2D eigenvalue weighted by Gasteiger charge is -2.37. The van der Waals surface area contributed by atoms with Gasteiger partial charge in [-0.05, 0) is 65.4 Å². The summed E-state index contributed by atoms with van der Waals surface area (Å²) < 4.78 is 0.665. The van der Waals surface area contributed by atoms with Crippen LogP contribution in [0, 0.1) is 0 Å². The molecule has 2 aromatic heterocycles. The fraction of sp³-hybridized carbons (Fsp3) is 0.226. The first-order chi connectivity index (χ1) is 19.7. The lowest BCUT2D eigenvalue weighted by Crippen LogP contribution is -2.53. The van der Waals surface area contributed by atoms with Crippen molar-refractivity contribution in [3.05, 3.63) is 95.1 Å². The molecule has 208 valence electrons. The average Bonchev–Trinajstić information content (AvgIpc) is 3.42. The number of hydrogen-bond acceptors (Lipinski definition) is 8. The summed E-state index contributed by atoms with van der Waals surface area (Å²) in [6, 6.07) is 13.4. The fourth-order valence-electron chi connectivity index (χ4n) is 6.01. The van der Waals surface area contributed by atoms with Crippen LogP contribution < -0.4 is 22.5 Å². The number of hydrogen-bond donors (Lipinski definition) is 4. The molecule has 4 aromatic rings. The minimum Gasteiger partial charge on any atom is -0.398 e. The zero-order valence-electron chi connectivity index (χ0n) is 22.3. The van der Waals surface area contributed by atoms with Gasteiger partial charge in [-0.3, -0.25) is 19.4 Å². The van der Waals surface area contributed by atoms with Crippen LogP contribution in [0.1, 0.15) is 45.2 Å². The number of carbonyl (C=O) groups excluding carboxylic acids is 3. The molecule has 3 heterocycles. The van der Waals surface area contributed by atoms with Crippen LogP contribution in [0.25, 0.3) is 21.2 Å². The number of nitrogens with zero attached hydrogens (tertiary/aromatic N) is 2. The van der Waals surface area contributed by atoms with Gasteiger partial charge in [0, 0.05) is 48.2 Å². The highest BCUT2D eigenvalue weighted by molar-refractivity contribution is 7.21. The van der Waals surface area contributed by atoms with E-state index in [4.69, 9.17) is 17.2 Å². The topological polar surface area (TPSA) is 157 Å². The van der Waals surface area contributed by atoms with Crippen molar-refractivity contribution in [3.63, 3.8) is 0 Å². The number of likely N-dealkylation sites (tertiary alicyclic amines) is 1. The number of anilines is 1. The number of amides is 2. The van der Waals surface area contributed by atoms with Crippen molar-refractivity contribution in [3.8, 4) is 11.1 Å². The average molecular weight is 567 g/mol. The number of ketones is 1. The molecule has 3 atom stereocenters. The van der Waals surface area contributed by atoms with Crippen LogP contribution >= 0.6 is 11.3 Å². The Hall–Kier alpha value is -4.38. The molecule has 3 unspecified atom stereocenters. The van der Waals surface area contributed by atoms with Gasteiger partial charge >= 0.3 is 0 Å². The van der Waals surface area contributed by atoms with Gasteiger partial charge < -0.3 is 27.4 Å². The molecule has 0 saturated carbocycles. The Morgan fingerprint density at radius 3 is 2.68 bits per heavy atom. The predicted octanol–water partition coefficient (Wildman–Crippen LogP) is 3.24. The van der Waals surface area contributed by atoms with Crippen LogP contribution in [0.2, 0.25) is 0 Å². The summed E-state index contributed by atoms with van der Waals surface area (Å²) >= 11 is 1.21. The minimum absolute atomic E-state index is 0.168. The van der Waals surface area contributed by atoms with E-state index in [1.165, 1.54) is 17.4 Å². The van der Waals surface area contributed by atoms with Crippen LogP contribution in [0.15, 0.2) is 73.6 Å². The lowest BCUT2D eigenvalue weighted by molar-refractivity contribution is -0.127. The number of benzene rings is 2. The maximum atomic E-state index is 14.1. The van der Waals surface area contributed by atoms with Gasteiger partial charge in [0.2, 0.25) is 5.91 Å². The largest absolute Gasteiger partial charge is 0.398 e. The summed E-state index contributed by atoms with van der Waals surface area (Å²) in [6.45, 7) is 4.56. The minimum atomic E-state index is -1.55. The third kappa shape index (κ3) is 4.31. The zero-order valence-corrected chi connectivity index (χ0v) is 23.1. The van der Waals surface area contributed by atoms with E-state index >= 15 is 0 Å². The normalized spacial score (nSPS) is 22.0. The van der Waals surface area contributed by atoms with Crippen LogP contribution in [0.3, 0.4) is 0 Å². The molecule has 9 nitrogen and oxygen atoms in total. The summed E-state index contributed by atoms with van der Waals surface area (Å²) in [5.74, 6) is -0.925. The summed E-state index contributed by atoms with van der Waals surface area (Å²) in [4.78, 5) is 46.0. The SMILES string of the molecule is C=CC(=O)N1CCCC(NC(=O)c2sc3c(N)ccc4c3c2C(N)C(=O)C4(N)c2cccc(-c3ccncc3)c2)C1. The van der Waals surface area contributed by atoms with Gasteiger partial charge in [0.1, 0.15) is 5.54 Å². The monoisotopic (exact) mass is 566 g/mol. The number of nitrogens with one attached hydrogen (secondary N) is 1. The number of Topliss-reactive ketones (excluding diaryl/α,β-unsaturated/α-hetero) is 1. The molecular formula is C31H30N6O3S. The number of carbonyl (C=O) groups is 3. The second-order valence-corrected chi connectivity index (χ2v) is 11.5. The van der Waals surface area contributed by atoms with E-state index in [9.17, 15) is 14.4 Å². The van der Waals surface area contributed by atoms with Crippen molar-refractivity contribution in [2.75, 3.05) is 18.8 Å².